The molecule has 0 unspecified atom stereocenters. The first-order valence-corrected chi connectivity index (χ1v) is 6.22. The number of hydrogen-bond donors (Lipinski definition) is 4. The largest absolute Gasteiger partial charge is 0.504 e. The fourth-order valence-electron chi connectivity index (χ4n) is 2.28. The average Bonchev–Trinajstić information content (AvgIpc) is 2.43. The highest BCUT2D eigenvalue weighted by Crippen LogP contribution is 2.40. The summed E-state index contributed by atoms with van der Waals surface area (Å²) in [6.07, 6.45) is -0.900. The van der Waals surface area contributed by atoms with Crippen LogP contribution >= 0.6 is 0 Å². The Hall–Kier alpha value is -2.89. The minimum absolute atomic E-state index is 0.0372. The molecule has 1 heterocycles. The van der Waals surface area contributed by atoms with Crippen LogP contribution < -0.4 is 4.74 Å². The van der Waals surface area contributed by atoms with Crippen molar-refractivity contribution in [2.24, 2.45) is 0 Å². The van der Waals surface area contributed by atoms with E-state index in [1.54, 1.807) is 0 Å². The zero-order valence-corrected chi connectivity index (χ0v) is 10.8. The Morgan fingerprint density at radius 1 is 0.905 bits per heavy atom. The van der Waals surface area contributed by atoms with Gasteiger partial charge in [0.2, 0.25) is 0 Å². The van der Waals surface area contributed by atoms with Gasteiger partial charge in [-0.1, -0.05) is 6.07 Å². The molecule has 0 saturated heterocycles. The van der Waals surface area contributed by atoms with E-state index < -0.39 is 6.10 Å². The zero-order chi connectivity index (χ0) is 15.1. The summed E-state index contributed by atoms with van der Waals surface area (Å²) in [5.41, 5.74) is 0.878. The smallest absolute Gasteiger partial charge is 0.182 e. The Labute approximate surface area is 119 Å². The first kappa shape index (κ1) is 13.1. The summed E-state index contributed by atoms with van der Waals surface area (Å²) in [6, 6.07) is 6.52. The predicted octanol–water partition coefficient (Wildman–Crippen LogP) is 1.75. The van der Waals surface area contributed by atoms with E-state index in [4.69, 9.17) is 4.74 Å². The van der Waals surface area contributed by atoms with E-state index in [0.717, 1.165) is 0 Å². The van der Waals surface area contributed by atoms with Crippen molar-refractivity contribution in [2.75, 3.05) is 0 Å². The van der Waals surface area contributed by atoms with E-state index in [-0.39, 0.29) is 35.2 Å². The highest BCUT2D eigenvalue weighted by Gasteiger charge is 2.30. The summed E-state index contributed by atoms with van der Waals surface area (Å²) < 4.78 is 5.55. The standard InChI is InChI=1S/C15H12O6/c16-9-2-1-7(3-10(9)17)15-13(20)5-8-4-11(18)12(19)6-14(8)21-15/h1-4,6,15-19H,5H2/t15-/m0/s1. The van der Waals surface area contributed by atoms with Gasteiger partial charge >= 0.3 is 0 Å². The van der Waals surface area contributed by atoms with E-state index in [2.05, 4.69) is 0 Å². The minimum atomic E-state index is -0.937. The Balaban J connectivity index is 2.00. The molecule has 2 aromatic carbocycles. The van der Waals surface area contributed by atoms with Crippen molar-refractivity contribution in [3.8, 4) is 28.7 Å². The molecule has 2 aromatic rings. The highest BCUT2D eigenvalue weighted by atomic mass is 16.5. The fraction of sp³-hybridized carbons (Fsp3) is 0.133. The van der Waals surface area contributed by atoms with Gasteiger partial charge in [-0.15, -0.1) is 0 Å². The summed E-state index contributed by atoms with van der Waals surface area (Å²) in [5.74, 6) is -1.24. The van der Waals surface area contributed by atoms with Crippen LogP contribution in [0.4, 0.5) is 0 Å². The molecule has 0 amide bonds. The number of hydrogen-bond acceptors (Lipinski definition) is 6. The van der Waals surface area contributed by atoms with Gasteiger partial charge < -0.3 is 25.2 Å². The van der Waals surface area contributed by atoms with Crippen molar-refractivity contribution in [1.29, 1.82) is 0 Å². The molecule has 0 bridgehead atoms. The van der Waals surface area contributed by atoms with Crippen LogP contribution in [0.25, 0.3) is 0 Å². The first-order chi connectivity index (χ1) is 9.95. The first-order valence-electron chi connectivity index (χ1n) is 6.22. The Morgan fingerprint density at radius 2 is 1.57 bits per heavy atom. The van der Waals surface area contributed by atoms with Crippen molar-refractivity contribution in [3.63, 3.8) is 0 Å². The maximum atomic E-state index is 12.1. The summed E-state index contributed by atoms with van der Waals surface area (Å²) in [6.45, 7) is 0. The van der Waals surface area contributed by atoms with E-state index >= 15 is 0 Å². The van der Waals surface area contributed by atoms with Gasteiger partial charge in [0.25, 0.3) is 0 Å². The number of phenols is 4. The van der Waals surface area contributed by atoms with E-state index in [0.29, 0.717) is 16.9 Å². The lowest BCUT2D eigenvalue weighted by Gasteiger charge is -2.25. The molecule has 4 N–H and O–H groups in total. The molecule has 0 spiro atoms. The van der Waals surface area contributed by atoms with Crippen LogP contribution in [0.3, 0.4) is 0 Å². The van der Waals surface area contributed by atoms with Gasteiger partial charge in [0.05, 0.1) is 0 Å². The molecule has 0 aliphatic carbocycles. The third-order valence-electron chi connectivity index (χ3n) is 3.36. The molecular formula is C15H12O6. The van der Waals surface area contributed by atoms with E-state index in [1.165, 1.54) is 30.3 Å². The Morgan fingerprint density at radius 3 is 2.29 bits per heavy atom. The van der Waals surface area contributed by atoms with Gasteiger partial charge in [0, 0.05) is 23.6 Å². The molecule has 0 saturated carbocycles. The van der Waals surface area contributed by atoms with Crippen molar-refractivity contribution in [3.05, 3.63) is 41.5 Å². The minimum Gasteiger partial charge on any atom is -0.504 e. The number of carbonyl (C=O) groups is 1. The topological polar surface area (TPSA) is 107 Å². The maximum absolute atomic E-state index is 12.1. The number of aromatic hydroxyl groups is 4. The van der Waals surface area contributed by atoms with Gasteiger partial charge in [-0.3, -0.25) is 4.79 Å². The molecule has 108 valence electrons. The normalized spacial score (nSPS) is 17.1. The lowest BCUT2D eigenvalue weighted by Crippen LogP contribution is -2.25. The van der Waals surface area contributed by atoms with Gasteiger partial charge in [-0.25, -0.2) is 0 Å². The SMILES string of the molecule is O=C1Cc2cc(O)c(O)cc2O[C@H]1c1ccc(O)c(O)c1. The second-order valence-electron chi connectivity index (χ2n) is 4.84. The van der Waals surface area contributed by atoms with Crippen LogP contribution in [0.5, 0.6) is 28.7 Å². The van der Waals surface area contributed by atoms with Crippen molar-refractivity contribution in [1.82, 2.24) is 0 Å². The average molecular weight is 288 g/mol. The van der Waals surface area contributed by atoms with E-state index in [9.17, 15) is 25.2 Å². The molecule has 0 radical (unpaired) electrons. The van der Waals surface area contributed by atoms with Crippen LogP contribution in [0.15, 0.2) is 30.3 Å². The second-order valence-corrected chi connectivity index (χ2v) is 4.84. The number of ketones is 1. The van der Waals surface area contributed by atoms with Crippen molar-refractivity contribution < 1.29 is 30.0 Å². The third-order valence-corrected chi connectivity index (χ3v) is 3.36. The Bertz CT molecular complexity index is 737. The molecular weight excluding hydrogens is 276 g/mol. The number of ether oxygens (including phenoxy) is 1. The van der Waals surface area contributed by atoms with Gasteiger partial charge in [-0.2, -0.15) is 0 Å². The molecule has 1 aliphatic heterocycles. The maximum Gasteiger partial charge on any atom is 0.182 e. The van der Waals surface area contributed by atoms with Crippen molar-refractivity contribution in [2.45, 2.75) is 12.5 Å². The Kier molecular flexibility index (Phi) is 2.86. The molecule has 0 fully saturated rings. The second kappa shape index (κ2) is 4.59. The van der Waals surface area contributed by atoms with Crippen LogP contribution in [0, 0.1) is 0 Å². The van der Waals surface area contributed by atoms with Gasteiger partial charge in [0.1, 0.15) is 5.75 Å². The summed E-state index contributed by atoms with van der Waals surface area (Å²) in [4.78, 5) is 12.1. The van der Waals surface area contributed by atoms with Crippen molar-refractivity contribution >= 4 is 5.78 Å². The monoisotopic (exact) mass is 288 g/mol. The number of Topliss-reactive ketones (excluding diaryl/α,β-unsaturated/α-hetero) is 1. The predicted molar refractivity (Wildman–Crippen MR) is 71.6 cm³/mol. The molecule has 6 heteroatoms. The molecule has 1 aliphatic rings. The molecule has 21 heavy (non-hydrogen) atoms. The number of fused-ring (bicyclic) bond motifs is 1. The number of rotatable bonds is 1. The fourth-order valence-corrected chi connectivity index (χ4v) is 2.28. The molecule has 1 atom stereocenters. The lowest BCUT2D eigenvalue weighted by atomic mass is 9.95. The number of benzene rings is 2. The van der Waals surface area contributed by atoms with Crippen LogP contribution in [-0.2, 0) is 11.2 Å². The molecule has 6 nitrogen and oxygen atoms in total. The zero-order valence-electron chi connectivity index (χ0n) is 10.8. The molecule has 0 aromatic heterocycles. The number of phenolic OH excluding ortho intramolecular Hbond substituents is 4. The van der Waals surface area contributed by atoms with Crippen LogP contribution in [0.1, 0.15) is 17.2 Å². The lowest BCUT2D eigenvalue weighted by molar-refractivity contribution is -0.126. The highest BCUT2D eigenvalue weighted by molar-refractivity contribution is 5.89. The summed E-state index contributed by atoms with van der Waals surface area (Å²) in [5, 5.41) is 37.7. The number of carbonyl (C=O) groups excluding carboxylic acids is 1. The molecule has 3 rings (SSSR count). The van der Waals surface area contributed by atoms with Gasteiger partial charge in [0.15, 0.2) is 34.9 Å². The van der Waals surface area contributed by atoms with Crippen LogP contribution in [0.2, 0.25) is 0 Å². The van der Waals surface area contributed by atoms with Gasteiger partial charge in [-0.05, 0) is 18.2 Å². The summed E-state index contributed by atoms with van der Waals surface area (Å²) >= 11 is 0. The summed E-state index contributed by atoms with van der Waals surface area (Å²) in [7, 11) is 0. The third kappa shape index (κ3) is 2.20. The van der Waals surface area contributed by atoms with E-state index in [1.807, 2.05) is 0 Å². The van der Waals surface area contributed by atoms with Crippen LogP contribution in [-0.4, -0.2) is 26.2 Å². The quantitative estimate of drug-likeness (QED) is 0.596.